The molecule has 1 saturated heterocycles. The maximum absolute atomic E-state index is 12.2. The Kier molecular flexibility index (Phi) is 6.44. The summed E-state index contributed by atoms with van der Waals surface area (Å²) in [4.78, 5) is 28.0. The summed E-state index contributed by atoms with van der Waals surface area (Å²) in [7, 11) is 0. The van der Waals surface area contributed by atoms with Gasteiger partial charge in [-0.1, -0.05) is 30.3 Å². The second-order valence-corrected chi connectivity index (χ2v) is 6.38. The molecule has 1 aliphatic rings. The Bertz CT molecular complexity index is 692. The van der Waals surface area contributed by atoms with E-state index >= 15 is 0 Å². The van der Waals surface area contributed by atoms with Crippen molar-refractivity contribution in [1.29, 1.82) is 0 Å². The maximum atomic E-state index is 12.2. The quantitative estimate of drug-likeness (QED) is 0.711. The number of furan rings is 1. The molecule has 1 fully saturated rings. The van der Waals surface area contributed by atoms with Gasteiger partial charge in [0.05, 0.1) is 12.7 Å². The molecule has 0 bridgehead atoms. The molecule has 1 amide bonds. The van der Waals surface area contributed by atoms with Crippen LogP contribution in [0.1, 0.15) is 17.7 Å². The van der Waals surface area contributed by atoms with Gasteiger partial charge in [0.15, 0.2) is 6.61 Å². The van der Waals surface area contributed by atoms with Gasteiger partial charge >= 0.3 is 5.97 Å². The van der Waals surface area contributed by atoms with Gasteiger partial charge in [-0.25, -0.2) is 0 Å². The molecule has 0 spiro atoms. The first-order valence-electron chi connectivity index (χ1n) is 8.93. The lowest BCUT2D eigenvalue weighted by Gasteiger charge is -2.34. The first-order valence-corrected chi connectivity index (χ1v) is 8.93. The summed E-state index contributed by atoms with van der Waals surface area (Å²) in [6.45, 7) is 3.69. The Morgan fingerprint density at radius 3 is 2.46 bits per heavy atom. The van der Waals surface area contributed by atoms with Gasteiger partial charge in [0.2, 0.25) is 0 Å². The Morgan fingerprint density at radius 2 is 1.77 bits per heavy atom. The number of hydrogen-bond donors (Lipinski definition) is 0. The largest absolute Gasteiger partial charge is 0.469 e. The number of esters is 1. The summed E-state index contributed by atoms with van der Waals surface area (Å²) >= 11 is 0. The second kappa shape index (κ2) is 9.20. The third-order valence-corrected chi connectivity index (χ3v) is 4.49. The first kappa shape index (κ1) is 18.2. The SMILES string of the molecule is O=C(CCc1ccco1)OCC(=O)N1CCN(Cc2ccccc2)CC1. The third kappa shape index (κ3) is 5.46. The van der Waals surface area contributed by atoms with E-state index < -0.39 is 0 Å². The van der Waals surface area contributed by atoms with Crippen molar-refractivity contribution in [3.63, 3.8) is 0 Å². The van der Waals surface area contributed by atoms with E-state index in [9.17, 15) is 9.59 Å². The molecule has 26 heavy (non-hydrogen) atoms. The topological polar surface area (TPSA) is 63.0 Å². The molecule has 1 aromatic carbocycles. The molecule has 2 aromatic rings. The van der Waals surface area contributed by atoms with Gasteiger partial charge < -0.3 is 14.1 Å². The van der Waals surface area contributed by atoms with Crippen LogP contribution in [-0.4, -0.2) is 54.5 Å². The summed E-state index contributed by atoms with van der Waals surface area (Å²) in [5.74, 6) is 0.232. The second-order valence-electron chi connectivity index (χ2n) is 6.38. The fraction of sp³-hybridized carbons (Fsp3) is 0.400. The fourth-order valence-electron chi connectivity index (χ4n) is 2.98. The van der Waals surface area contributed by atoms with E-state index in [0.717, 1.165) is 25.4 Å². The van der Waals surface area contributed by atoms with Crippen molar-refractivity contribution in [3.05, 3.63) is 60.1 Å². The van der Waals surface area contributed by atoms with E-state index in [2.05, 4.69) is 17.0 Å². The van der Waals surface area contributed by atoms with E-state index in [1.54, 1.807) is 17.2 Å². The molecule has 0 saturated carbocycles. The minimum Gasteiger partial charge on any atom is -0.469 e. The lowest BCUT2D eigenvalue weighted by atomic mass is 10.2. The van der Waals surface area contributed by atoms with Crippen molar-refractivity contribution in [1.82, 2.24) is 9.80 Å². The number of carbonyl (C=O) groups excluding carboxylic acids is 2. The van der Waals surface area contributed by atoms with Crippen molar-refractivity contribution in [2.24, 2.45) is 0 Å². The average Bonchev–Trinajstić information content (AvgIpc) is 3.19. The van der Waals surface area contributed by atoms with Gasteiger partial charge in [-0.3, -0.25) is 14.5 Å². The number of amides is 1. The summed E-state index contributed by atoms with van der Waals surface area (Å²) in [5.41, 5.74) is 1.28. The van der Waals surface area contributed by atoms with Crippen molar-refractivity contribution in [3.8, 4) is 0 Å². The van der Waals surface area contributed by atoms with Crippen LogP contribution in [0.4, 0.5) is 0 Å². The average molecular weight is 356 g/mol. The van der Waals surface area contributed by atoms with Crippen LogP contribution < -0.4 is 0 Å². The van der Waals surface area contributed by atoms with Gasteiger partial charge in [0.1, 0.15) is 5.76 Å². The fourth-order valence-corrected chi connectivity index (χ4v) is 2.98. The molecule has 0 N–H and O–H groups in total. The number of rotatable bonds is 7. The van der Waals surface area contributed by atoms with E-state index in [1.807, 2.05) is 24.3 Å². The minimum absolute atomic E-state index is 0.129. The Hall–Kier alpha value is -2.60. The van der Waals surface area contributed by atoms with Gasteiger partial charge in [-0.15, -0.1) is 0 Å². The highest BCUT2D eigenvalue weighted by Gasteiger charge is 2.22. The van der Waals surface area contributed by atoms with Crippen LogP contribution in [0, 0.1) is 0 Å². The lowest BCUT2D eigenvalue weighted by molar-refractivity contribution is -0.152. The molecule has 6 heteroatoms. The van der Waals surface area contributed by atoms with Gasteiger partial charge in [-0.2, -0.15) is 0 Å². The Morgan fingerprint density at radius 1 is 1.00 bits per heavy atom. The van der Waals surface area contributed by atoms with Crippen LogP contribution in [0.2, 0.25) is 0 Å². The number of aryl methyl sites for hydroxylation is 1. The predicted octanol–water partition coefficient (Wildman–Crippen LogP) is 2.10. The van der Waals surface area contributed by atoms with E-state index in [1.165, 1.54) is 5.56 Å². The molecule has 0 atom stereocenters. The summed E-state index contributed by atoms with van der Waals surface area (Å²) in [6.07, 6.45) is 2.27. The highest BCUT2D eigenvalue weighted by molar-refractivity contribution is 5.80. The number of carbonyl (C=O) groups is 2. The van der Waals surface area contributed by atoms with Crippen LogP contribution in [0.15, 0.2) is 53.1 Å². The minimum atomic E-state index is -0.377. The predicted molar refractivity (Wildman–Crippen MR) is 96.3 cm³/mol. The van der Waals surface area contributed by atoms with Crippen LogP contribution >= 0.6 is 0 Å². The standard InChI is InChI=1S/C20H24N2O4/c23-19(16-26-20(24)9-8-18-7-4-14-25-18)22-12-10-21(11-13-22)15-17-5-2-1-3-6-17/h1-7,14H,8-13,15-16H2. The van der Waals surface area contributed by atoms with Crippen LogP contribution in [0.3, 0.4) is 0 Å². The number of benzene rings is 1. The third-order valence-electron chi connectivity index (χ3n) is 4.49. The summed E-state index contributed by atoms with van der Waals surface area (Å²) in [6, 6.07) is 13.9. The maximum Gasteiger partial charge on any atom is 0.306 e. The van der Waals surface area contributed by atoms with Gasteiger partial charge in [-0.05, 0) is 17.7 Å². The Balaban J connectivity index is 1.33. The van der Waals surface area contributed by atoms with E-state index in [0.29, 0.717) is 19.5 Å². The van der Waals surface area contributed by atoms with Gasteiger partial charge in [0, 0.05) is 39.1 Å². The van der Waals surface area contributed by atoms with Crippen molar-refractivity contribution < 1.29 is 18.7 Å². The molecule has 138 valence electrons. The number of hydrogen-bond acceptors (Lipinski definition) is 5. The number of piperazine rings is 1. The monoisotopic (exact) mass is 356 g/mol. The zero-order valence-electron chi connectivity index (χ0n) is 14.8. The lowest BCUT2D eigenvalue weighted by Crippen LogP contribution is -2.49. The Labute approximate surface area is 153 Å². The molecule has 3 rings (SSSR count). The number of ether oxygens (including phenoxy) is 1. The molecular formula is C20H24N2O4. The normalized spacial score (nSPS) is 15.0. The van der Waals surface area contributed by atoms with Crippen molar-refractivity contribution >= 4 is 11.9 Å². The molecule has 0 radical (unpaired) electrons. The van der Waals surface area contributed by atoms with E-state index in [-0.39, 0.29) is 24.9 Å². The van der Waals surface area contributed by atoms with Crippen molar-refractivity contribution in [2.45, 2.75) is 19.4 Å². The molecule has 2 heterocycles. The van der Waals surface area contributed by atoms with Crippen LogP contribution in [-0.2, 0) is 27.3 Å². The number of nitrogens with zero attached hydrogens (tertiary/aromatic N) is 2. The van der Waals surface area contributed by atoms with Crippen molar-refractivity contribution in [2.75, 3.05) is 32.8 Å². The smallest absolute Gasteiger partial charge is 0.306 e. The highest BCUT2D eigenvalue weighted by Crippen LogP contribution is 2.09. The van der Waals surface area contributed by atoms with E-state index in [4.69, 9.17) is 9.15 Å². The zero-order chi connectivity index (χ0) is 18.2. The van der Waals surface area contributed by atoms with Crippen LogP contribution in [0.5, 0.6) is 0 Å². The highest BCUT2D eigenvalue weighted by atomic mass is 16.5. The zero-order valence-corrected chi connectivity index (χ0v) is 14.8. The summed E-state index contributed by atoms with van der Waals surface area (Å²) < 4.78 is 10.3. The molecule has 1 aliphatic heterocycles. The molecular weight excluding hydrogens is 332 g/mol. The molecule has 1 aromatic heterocycles. The van der Waals surface area contributed by atoms with Gasteiger partial charge in [0.25, 0.3) is 5.91 Å². The summed E-state index contributed by atoms with van der Waals surface area (Å²) in [5, 5.41) is 0. The van der Waals surface area contributed by atoms with Crippen LogP contribution in [0.25, 0.3) is 0 Å². The molecule has 0 aliphatic carbocycles. The first-order chi connectivity index (χ1) is 12.7. The molecule has 0 unspecified atom stereocenters. The molecule has 6 nitrogen and oxygen atoms in total.